The van der Waals surface area contributed by atoms with E-state index in [1.165, 1.54) is 5.39 Å². The van der Waals surface area contributed by atoms with Crippen LogP contribution in [0.2, 0.25) is 0 Å². The highest BCUT2D eigenvalue weighted by atomic mass is 14.7. The molecule has 0 bridgehead atoms. The maximum Gasteiger partial charge on any atom is 0.0709 e. The van der Waals surface area contributed by atoms with Crippen molar-refractivity contribution < 1.29 is 0 Å². The summed E-state index contributed by atoms with van der Waals surface area (Å²) in [5, 5.41) is 3.53. The number of rotatable bonds is 2. The number of fused-ring (bicyclic) bond motifs is 2. The van der Waals surface area contributed by atoms with E-state index < -0.39 is 0 Å². The molecule has 0 atom stereocenters. The van der Waals surface area contributed by atoms with Crippen LogP contribution in [0, 0.1) is 0 Å². The van der Waals surface area contributed by atoms with Gasteiger partial charge < -0.3 is 0 Å². The van der Waals surface area contributed by atoms with Crippen molar-refractivity contribution >= 4 is 21.7 Å². The van der Waals surface area contributed by atoms with Gasteiger partial charge in [0, 0.05) is 28.1 Å². The number of hydrogen-bond acceptors (Lipinski definition) is 2. The van der Waals surface area contributed by atoms with E-state index in [0.717, 1.165) is 38.8 Å². The number of hydrogen-bond donors (Lipinski definition) is 0. The van der Waals surface area contributed by atoms with E-state index in [2.05, 4.69) is 71.7 Å². The lowest BCUT2D eigenvalue weighted by atomic mass is 10.0. The summed E-state index contributed by atoms with van der Waals surface area (Å²) in [6.45, 7) is 0. The van der Waals surface area contributed by atoms with Gasteiger partial charge in [-0.25, -0.2) is 4.98 Å². The van der Waals surface area contributed by atoms with Crippen LogP contribution < -0.4 is 0 Å². The van der Waals surface area contributed by atoms with Crippen molar-refractivity contribution in [1.29, 1.82) is 0 Å². The van der Waals surface area contributed by atoms with E-state index in [1.807, 2.05) is 30.5 Å². The van der Waals surface area contributed by atoms with Gasteiger partial charge in [0.25, 0.3) is 0 Å². The Morgan fingerprint density at radius 3 is 1.96 bits per heavy atom. The minimum absolute atomic E-state index is 0.988. The lowest BCUT2D eigenvalue weighted by Crippen LogP contribution is -1.87. The van der Waals surface area contributed by atoms with Gasteiger partial charge in [-0.2, -0.15) is 0 Å². The third kappa shape index (κ3) is 2.62. The molecule has 0 aliphatic rings. The Morgan fingerprint density at radius 1 is 0.500 bits per heavy atom. The molecule has 0 radical (unpaired) electrons. The van der Waals surface area contributed by atoms with E-state index in [1.54, 1.807) is 0 Å². The van der Waals surface area contributed by atoms with Crippen molar-refractivity contribution in [3.63, 3.8) is 0 Å². The molecule has 0 N–H and O–H groups in total. The summed E-state index contributed by atoms with van der Waals surface area (Å²) in [4.78, 5) is 9.38. The SMILES string of the molecule is c1ccc2cc(-c3ccc(-c4ccc5ccccc5n4)cc3)ncc2c1. The summed E-state index contributed by atoms with van der Waals surface area (Å²) in [5.74, 6) is 0. The van der Waals surface area contributed by atoms with Gasteiger partial charge in [-0.3, -0.25) is 4.98 Å². The molecule has 2 heteroatoms. The summed E-state index contributed by atoms with van der Waals surface area (Å²) in [6, 6.07) is 31.3. The van der Waals surface area contributed by atoms with Crippen LogP contribution in [0.25, 0.3) is 44.2 Å². The first-order valence-electron chi connectivity index (χ1n) is 8.68. The summed E-state index contributed by atoms with van der Waals surface area (Å²) in [5.41, 5.74) is 5.22. The average molecular weight is 332 g/mol. The number of aromatic nitrogens is 2. The normalized spacial score (nSPS) is 11.1. The van der Waals surface area contributed by atoms with Crippen LogP contribution >= 0.6 is 0 Å². The largest absolute Gasteiger partial charge is 0.256 e. The summed E-state index contributed by atoms with van der Waals surface area (Å²) >= 11 is 0. The molecule has 0 amide bonds. The smallest absolute Gasteiger partial charge is 0.0709 e. The van der Waals surface area contributed by atoms with E-state index in [0.29, 0.717) is 0 Å². The Labute approximate surface area is 151 Å². The van der Waals surface area contributed by atoms with Gasteiger partial charge in [0.1, 0.15) is 0 Å². The zero-order valence-corrected chi connectivity index (χ0v) is 14.1. The van der Waals surface area contributed by atoms with Gasteiger partial charge in [-0.15, -0.1) is 0 Å². The van der Waals surface area contributed by atoms with Crippen LogP contribution in [0.3, 0.4) is 0 Å². The summed E-state index contributed by atoms with van der Waals surface area (Å²) < 4.78 is 0. The molecule has 5 aromatic rings. The fourth-order valence-electron chi connectivity index (χ4n) is 3.28. The minimum atomic E-state index is 0.988. The molecule has 2 nitrogen and oxygen atoms in total. The summed E-state index contributed by atoms with van der Waals surface area (Å²) in [7, 11) is 0. The van der Waals surface area contributed by atoms with Gasteiger partial charge in [-0.05, 0) is 23.6 Å². The van der Waals surface area contributed by atoms with Crippen molar-refractivity contribution in [3.05, 3.63) is 97.2 Å². The molecule has 0 aliphatic heterocycles. The van der Waals surface area contributed by atoms with E-state index in [9.17, 15) is 0 Å². The Balaban J connectivity index is 1.52. The first kappa shape index (κ1) is 14.8. The second kappa shape index (κ2) is 6.08. The van der Waals surface area contributed by atoms with Crippen LogP contribution in [-0.4, -0.2) is 9.97 Å². The molecular weight excluding hydrogens is 316 g/mol. The molecule has 0 fully saturated rings. The molecule has 2 heterocycles. The Bertz CT molecular complexity index is 1130. The molecule has 0 aliphatic carbocycles. The Kier molecular flexibility index (Phi) is 3.46. The van der Waals surface area contributed by atoms with Gasteiger partial charge in [0.05, 0.1) is 16.9 Å². The second-order valence-electron chi connectivity index (χ2n) is 6.38. The quantitative estimate of drug-likeness (QED) is 0.389. The predicted octanol–water partition coefficient (Wildman–Crippen LogP) is 6.12. The Hall–Kier alpha value is -3.52. The molecular formula is C24H16N2. The molecule has 0 unspecified atom stereocenters. The lowest BCUT2D eigenvalue weighted by molar-refractivity contribution is 1.35. The number of para-hydroxylation sites is 1. The maximum absolute atomic E-state index is 4.77. The number of nitrogens with zero attached hydrogens (tertiary/aromatic N) is 2. The van der Waals surface area contributed by atoms with E-state index in [-0.39, 0.29) is 0 Å². The lowest BCUT2D eigenvalue weighted by Gasteiger charge is -2.06. The van der Waals surface area contributed by atoms with Gasteiger partial charge in [0.2, 0.25) is 0 Å². The third-order valence-electron chi connectivity index (χ3n) is 4.71. The van der Waals surface area contributed by atoms with E-state index in [4.69, 9.17) is 4.98 Å². The summed E-state index contributed by atoms with van der Waals surface area (Å²) in [6.07, 6.45) is 1.93. The van der Waals surface area contributed by atoms with Crippen molar-refractivity contribution in [2.24, 2.45) is 0 Å². The Morgan fingerprint density at radius 2 is 1.15 bits per heavy atom. The van der Waals surface area contributed by atoms with Crippen molar-refractivity contribution in [3.8, 4) is 22.5 Å². The monoisotopic (exact) mass is 332 g/mol. The second-order valence-corrected chi connectivity index (χ2v) is 6.38. The highest BCUT2D eigenvalue weighted by Crippen LogP contribution is 2.26. The first-order valence-corrected chi connectivity index (χ1v) is 8.68. The van der Waals surface area contributed by atoms with E-state index >= 15 is 0 Å². The molecule has 0 spiro atoms. The molecule has 26 heavy (non-hydrogen) atoms. The standard InChI is InChI=1S/C24H16N2/c1-2-7-21-16-25-24(15-20(21)6-1)19-11-9-18(10-12-19)23-14-13-17-5-3-4-8-22(17)26-23/h1-16H. The first-order chi connectivity index (χ1) is 12.9. The zero-order chi connectivity index (χ0) is 17.3. The zero-order valence-electron chi connectivity index (χ0n) is 14.1. The molecule has 0 saturated heterocycles. The van der Waals surface area contributed by atoms with Gasteiger partial charge >= 0.3 is 0 Å². The molecule has 0 saturated carbocycles. The van der Waals surface area contributed by atoms with Crippen molar-refractivity contribution in [2.45, 2.75) is 0 Å². The van der Waals surface area contributed by atoms with Crippen LogP contribution in [0.5, 0.6) is 0 Å². The van der Waals surface area contributed by atoms with Crippen molar-refractivity contribution in [1.82, 2.24) is 9.97 Å². The average Bonchev–Trinajstić information content (AvgIpc) is 2.73. The predicted molar refractivity (Wildman–Crippen MR) is 108 cm³/mol. The highest BCUT2D eigenvalue weighted by molar-refractivity contribution is 5.85. The fourth-order valence-corrected chi connectivity index (χ4v) is 3.28. The number of pyridine rings is 2. The van der Waals surface area contributed by atoms with Crippen LogP contribution in [0.1, 0.15) is 0 Å². The van der Waals surface area contributed by atoms with Crippen LogP contribution in [-0.2, 0) is 0 Å². The topological polar surface area (TPSA) is 25.8 Å². The molecule has 5 rings (SSSR count). The van der Waals surface area contributed by atoms with Crippen molar-refractivity contribution in [2.75, 3.05) is 0 Å². The highest BCUT2D eigenvalue weighted by Gasteiger charge is 2.04. The molecule has 3 aromatic carbocycles. The minimum Gasteiger partial charge on any atom is -0.256 e. The van der Waals surface area contributed by atoms with Gasteiger partial charge in [0.15, 0.2) is 0 Å². The van der Waals surface area contributed by atoms with Crippen LogP contribution in [0.4, 0.5) is 0 Å². The fraction of sp³-hybridized carbons (Fsp3) is 0. The maximum atomic E-state index is 4.77. The van der Waals surface area contributed by atoms with Crippen LogP contribution in [0.15, 0.2) is 97.2 Å². The van der Waals surface area contributed by atoms with Gasteiger partial charge in [-0.1, -0.05) is 72.8 Å². The molecule has 122 valence electrons. The molecule has 2 aromatic heterocycles. The number of benzene rings is 3. The third-order valence-corrected chi connectivity index (χ3v) is 4.71.